The molecule has 2 rings (SSSR count). The van der Waals surface area contributed by atoms with E-state index in [1.165, 1.54) is 12.3 Å². The summed E-state index contributed by atoms with van der Waals surface area (Å²) in [6, 6.07) is 1.43. The first kappa shape index (κ1) is 18.0. The van der Waals surface area contributed by atoms with Crippen LogP contribution in [0.4, 0.5) is 4.79 Å². The smallest absolute Gasteiger partial charge is 0.418 e. The molecule has 0 saturated heterocycles. The summed E-state index contributed by atoms with van der Waals surface area (Å²) in [5.41, 5.74) is 0.145. The highest BCUT2D eigenvalue weighted by Gasteiger charge is 2.21. The van der Waals surface area contributed by atoms with Crippen molar-refractivity contribution in [3.63, 3.8) is 0 Å². The van der Waals surface area contributed by atoms with Crippen molar-refractivity contribution in [2.45, 2.75) is 45.0 Å². The van der Waals surface area contributed by atoms with Crippen LogP contribution < -0.4 is 11.1 Å². The van der Waals surface area contributed by atoms with Gasteiger partial charge >= 0.3 is 11.8 Å². The van der Waals surface area contributed by atoms with Crippen molar-refractivity contribution in [1.29, 1.82) is 0 Å². The third kappa shape index (κ3) is 4.80. The number of hydrogen-bond acceptors (Lipinski definition) is 7. The zero-order valence-corrected chi connectivity index (χ0v) is 13.7. The number of rotatable bonds is 5. The Kier molecular flexibility index (Phi) is 5.25. The summed E-state index contributed by atoms with van der Waals surface area (Å²) in [4.78, 5) is 28.9. The van der Waals surface area contributed by atoms with Crippen LogP contribution in [-0.2, 0) is 4.74 Å². The van der Waals surface area contributed by atoms with E-state index in [-0.39, 0.29) is 24.2 Å². The lowest BCUT2D eigenvalue weighted by molar-refractivity contribution is 0.0122. The molecule has 0 aliphatic rings. The van der Waals surface area contributed by atoms with E-state index >= 15 is 0 Å². The molecular weight excluding hydrogens is 318 g/mol. The van der Waals surface area contributed by atoms with Gasteiger partial charge in [-0.05, 0) is 33.3 Å². The molecule has 4 N–H and O–H groups in total. The fraction of sp³-hybridized carbons (Fsp3) is 0.533. The molecule has 2 atom stereocenters. The van der Waals surface area contributed by atoms with Crippen LogP contribution in [0.1, 0.15) is 38.9 Å². The minimum absolute atomic E-state index is 0.107. The quantitative estimate of drug-likeness (QED) is 0.633. The SMILES string of the molecule is CC(C)(C)OC(=O)NCCC(O)C(O)c1cnc2[nH]c(=O)oc2c1. The van der Waals surface area contributed by atoms with Gasteiger partial charge in [0.2, 0.25) is 0 Å². The van der Waals surface area contributed by atoms with E-state index in [1.807, 2.05) is 0 Å². The number of aliphatic hydroxyl groups excluding tert-OH is 2. The number of pyridine rings is 1. The number of fused-ring (bicyclic) bond motifs is 1. The van der Waals surface area contributed by atoms with E-state index in [4.69, 9.17) is 9.15 Å². The van der Waals surface area contributed by atoms with Crippen molar-refractivity contribution in [1.82, 2.24) is 15.3 Å². The normalized spacial score (nSPS) is 14.4. The van der Waals surface area contributed by atoms with Crippen molar-refractivity contribution in [2.75, 3.05) is 6.54 Å². The molecule has 24 heavy (non-hydrogen) atoms. The Morgan fingerprint density at radius 1 is 1.46 bits per heavy atom. The van der Waals surface area contributed by atoms with Crippen LogP contribution in [0, 0.1) is 0 Å². The minimum atomic E-state index is -1.23. The molecule has 0 saturated carbocycles. The highest BCUT2D eigenvalue weighted by molar-refractivity contribution is 5.68. The number of H-pyrrole nitrogens is 1. The number of hydrogen-bond donors (Lipinski definition) is 4. The van der Waals surface area contributed by atoms with Crippen LogP contribution >= 0.6 is 0 Å². The number of alkyl carbamates (subject to hydrolysis) is 1. The number of aliphatic hydroxyl groups is 2. The molecule has 2 aromatic heterocycles. The van der Waals surface area contributed by atoms with E-state index in [0.717, 1.165) is 0 Å². The minimum Gasteiger partial charge on any atom is -0.444 e. The van der Waals surface area contributed by atoms with Crippen LogP contribution in [0.3, 0.4) is 0 Å². The molecule has 0 bridgehead atoms. The third-order valence-corrected chi connectivity index (χ3v) is 3.11. The van der Waals surface area contributed by atoms with Crippen LogP contribution in [0.15, 0.2) is 21.5 Å². The standard InChI is InChI=1S/C15H21N3O6/c1-15(2,3)24-13(21)16-5-4-9(19)11(20)8-6-10-12(17-7-8)18-14(22)23-10/h6-7,9,11,19-20H,4-5H2,1-3H3,(H,16,21)(H,17,18,22). The molecule has 0 spiro atoms. The second-order valence-corrected chi connectivity index (χ2v) is 6.36. The van der Waals surface area contributed by atoms with Gasteiger partial charge in [-0.3, -0.25) is 4.98 Å². The van der Waals surface area contributed by atoms with Crippen molar-refractivity contribution in [3.8, 4) is 0 Å². The van der Waals surface area contributed by atoms with Crippen LogP contribution in [-0.4, -0.2) is 44.5 Å². The largest absolute Gasteiger partial charge is 0.444 e. The Labute approximate surface area is 137 Å². The molecule has 132 valence electrons. The number of oxazole rings is 1. The van der Waals surface area contributed by atoms with Crippen LogP contribution in [0.2, 0.25) is 0 Å². The molecule has 0 radical (unpaired) electrons. The van der Waals surface area contributed by atoms with Gasteiger partial charge in [0.1, 0.15) is 11.7 Å². The Hall–Kier alpha value is -2.39. The van der Waals surface area contributed by atoms with Crippen LogP contribution in [0.25, 0.3) is 11.2 Å². The average molecular weight is 339 g/mol. The molecule has 1 amide bonds. The zero-order chi connectivity index (χ0) is 17.9. The molecule has 2 heterocycles. The van der Waals surface area contributed by atoms with Gasteiger partial charge in [0.05, 0.1) is 6.10 Å². The van der Waals surface area contributed by atoms with Crippen molar-refractivity contribution in [2.24, 2.45) is 0 Å². The number of ether oxygens (including phenoxy) is 1. The lowest BCUT2D eigenvalue weighted by atomic mass is 10.0. The number of amides is 1. The maximum absolute atomic E-state index is 11.5. The molecular formula is C15H21N3O6. The van der Waals surface area contributed by atoms with Crippen molar-refractivity contribution in [3.05, 3.63) is 28.4 Å². The maximum Gasteiger partial charge on any atom is 0.418 e. The molecule has 0 aromatic carbocycles. The molecule has 2 aromatic rings. The first-order chi connectivity index (χ1) is 11.2. The number of nitrogens with one attached hydrogen (secondary N) is 2. The summed E-state index contributed by atoms with van der Waals surface area (Å²) in [6.45, 7) is 5.36. The van der Waals surface area contributed by atoms with Gasteiger partial charge < -0.3 is 24.7 Å². The zero-order valence-electron chi connectivity index (χ0n) is 13.7. The van der Waals surface area contributed by atoms with Gasteiger partial charge in [-0.25, -0.2) is 14.6 Å². The van der Waals surface area contributed by atoms with Gasteiger partial charge in [0, 0.05) is 18.3 Å². The second kappa shape index (κ2) is 7.02. The van der Waals surface area contributed by atoms with E-state index in [1.54, 1.807) is 20.8 Å². The van der Waals surface area contributed by atoms with E-state index in [9.17, 15) is 19.8 Å². The highest BCUT2D eigenvalue weighted by atomic mass is 16.6. The molecule has 9 heteroatoms. The fourth-order valence-electron chi connectivity index (χ4n) is 2.03. The maximum atomic E-state index is 11.5. The summed E-state index contributed by atoms with van der Waals surface area (Å²) < 4.78 is 9.92. The molecule has 0 aliphatic carbocycles. The highest BCUT2D eigenvalue weighted by Crippen LogP contribution is 2.20. The lowest BCUT2D eigenvalue weighted by Gasteiger charge is -2.21. The second-order valence-electron chi connectivity index (χ2n) is 6.36. The topological polar surface area (TPSA) is 138 Å². The average Bonchev–Trinajstić information content (AvgIpc) is 2.83. The predicted octanol–water partition coefficient (Wildman–Crippen LogP) is 0.825. The first-order valence-corrected chi connectivity index (χ1v) is 7.47. The summed E-state index contributed by atoms with van der Waals surface area (Å²) in [6.07, 6.45) is -1.52. The summed E-state index contributed by atoms with van der Waals surface area (Å²) in [7, 11) is 0. The number of aromatic nitrogens is 2. The van der Waals surface area contributed by atoms with Gasteiger partial charge in [0.25, 0.3) is 0 Å². The molecule has 2 unspecified atom stereocenters. The Morgan fingerprint density at radius 2 is 2.17 bits per heavy atom. The van der Waals surface area contributed by atoms with Gasteiger partial charge in [-0.15, -0.1) is 0 Å². The third-order valence-electron chi connectivity index (χ3n) is 3.11. The summed E-state index contributed by atoms with van der Waals surface area (Å²) in [5, 5.41) is 22.7. The Balaban J connectivity index is 1.90. The van der Waals surface area contributed by atoms with E-state index in [2.05, 4.69) is 15.3 Å². The number of nitrogens with zero attached hydrogens (tertiary/aromatic N) is 1. The molecule has 9 nitrogen and oxygen atoms in total. The van der Waals surface area contributed by atoms with Crippen LogP contribution in [0.5, 0.6) is 0 Å². The van der Waals surface area contributed by atoms with Gasteiger partial charge in [-0.2, -0.15) is 0 Å². The fourth-order valence-corrected chi connectivity index (χ4v) is 2.03. The number of carbonyl (C=O) groups is 1. The van der Waals surface area contributed by atoms with Crippen molar-refractivity contribution >= 4 is 17.3 Å². The molecule has 0 fully saturated rings. The van der Waals surface area contributed by atoms with Gasteiger partial charge in [-0.1, -0.05) is 0 Å². The van der Waals surface area contributed by atoms with Gasteiger partial charge in [0.15, 0.2) is 11.2 Å². The number of aromatic amines is 1. The molecule has 0 aliphatic heterocycles. The van der Waals surface area contributed by atoms with E-state index in [0.29, 0.717) is 5.56 Å². The lowest BCUT2D eigenvalue weighted by Crippen LogP contribution is -2.34. The van der Waals surface area contributed by atoms with E-state index < -0.39 is 29.7 Å². The Bertz CT molecular complexity index is 760. The first-order valence-electron chi connectivity index (χ1n) is 7.47. The summed E-state index contributed by atoms with van der Waals surface area (Å²) in [5.74, 6) is -0.647. The monoisotopic (exact) mass is 339 g/mol. The predicted molar refractivity (Wildman–Crippen MR) is 84.5 cm³/mol. The number of carbonyl (C=O) groups excluding carboxylic acids is 1. The Morgan fingerprint density at radius 3 is 2.83 bits per heavy atom. The summed E-state index contributed by atoms with van der Waals surface area (Å²) >= 11 is 0. The van der Waals surface area contributed by atoms with Crippen molar-refractivity contribution < 1.29 is 24.2 Å².